The fourth-order valence-electron chi connectivity index (χ4n) is 1.58. The Kier molecular flexibility index (Phi) is 3.46. The lowest BCUT2D eigenvalue weighted by molar-refractivity contribution is 0.0652. The smallest absolute Gasteiger partial charge is 0.374 e. The first-order chi connectivity index (χ1) is 9.02. The Morgan fingerprint density at radius 3 is 2.68 bits per heavy atom. The van der Waals surface area contributed by atoms with Crippen LogP contribution in [0.25, 0.3) is 11.3 Å². The van der Waals surface area contributed by atoms with Gasteiger partial charge in [-0.05, 0) is 18.2 Å². The number of benzene rings is 1. The molecule has 0 aliphatic rings. The molecule has 1 aromatic carbocycles. The summed E-state index contributed by atoms with van der Waals surface area (Å²) in [6.45, 7) is 0. The predicted molar refractivity (Wildman–Crippen MR) is 60.4 cm³/mol. The fraction of sp³-hybridized carbons (Fsp3) is 0.167. The van der Waals surface area contributed by atoms with Crippen molar-refractivity contribution in [2.45, 2.75) is 6.43 Å². The molecule has 0 amide bonds. The maximum Gasteiger partial charge on any atom is 0.374 e. The lowest BCUT2D eigenvalue weighted by Gasteiger charge is -2.08. The molecule has 0 atom stereocenters. The van der Waals surface area contributed by atoms with E-state index < -0.39 is 12.4 Å². The number of nitrogens with zero attached hydrogens (tertiary/aromatic N) is 1. The van der Waals surface area contributed by atoms with Gasteiger partial charge in [0.2, 0.25) is 5.76 Å². The van der Waals surface area contributed by atoms with Crippen molar-refractivity contribution < 1.29 is 27.9 Å². The van der Waals surface area contributed by atoms with Gasteiger partial charge in [-0.1, -0.05) is 5.16 Å². The lowest BCUT2D eigenvalue weighted by atomic mass is 10.1. The summed E-state index contributed by atoms with van der Waals surface area (Å²) in [7, 11) is 1.29. The molecule has 1 heterocycles. The van der Waals surface area contributed by atoms with Gasteiger partial charge in [-0.2, -0.15) is 0 Å². The predicted octanol–water partition coefficient (Wildman–Crippen LogP) is 2.99. The van der Waals surface area contributed by atoms with Crippen LogP contribution in [0, 0.1) is 0 Å². The maximum atomic E-state index is 12.8. The zero-order valence-corrected chi connectivity index (χ0v) is 9.76. The minimum atomic E-state index is -2.71. The second-order valence-corrected chi connectivity index (χ2v) is 3.64. The van der Waals surface area contributed by atoms with E-state index in [4.69, 9.17) is 9.84 Å². The van der Waals surface area contributed by atoms with Crippen molar-refractivity contribution in [3.8, 4) is 17.0 Å². The highest BCUT2D eigenvalue weighted by Crippen LogP contribution is 2.32. The number of rotatable bonds is 4. The normalized spacial score (nSPS) is 10.7. The molecule has 0 saturated carbocycles. The standard InChI is InChI=1S/C12H9F2NO4/c1-18-9-3-2-6(4-7(9)11(13)14)8-5-10(12(16)17)19-15-8/h2-5,11H,1H3,(H,16,17). The fourth-order valence-corrected chi connectivity index (χ4v) is 1.58. The molecule has 19 heavy (non-hydrogen) atoms. The third-order valence-electron chi connectivity index (χ3n) is 2.48. The third kappa shape index (κ3) is 2.54. The second-order valence-electron chi connectivity index (χ2n) is 3.64. The quantitative estimate of drug-likeness (QED) is 0.923. The van der Waals surface area contributed by atoms with Crippen molar-refractivity contribution in [2.75, 3.05) is 7.11 Å². The highest BCUT2D eigenvalue weighted by atomic mass is 19.3. The van der Waals surface area contributed by atoms with Gasteiger partial charge >= 0.3 is 5.97 Å². The summed E-state index contributed by atoms with van der Waals surface area (Å²) in [6.07, 6.45) is -2.71. The molecule has 100 valence electrons. The molecule has 7 heteroatoms. The number of aromatic carboxylic acids is 1. The van der Waals surface area contributed by atoms with Crippen molar-refractivity contribution in [2.24, 2.45) is 0 Å². The maximum absolute atomic E-state index is 12.8. The summed E-state index contributed by atoms with van der Waals surface area (Å²) in [6, 6.07) is 5.21. The minimum Gasteiger partial charge on any atom is -0.496 e. The number of halogens is 2. The van der Waals surface area contributed by atoms with Crippen molar-refractivity contribution in [3.05, 3.63) is 35.6 Å². The largest absolute Gasteiger partial charge is 0.496 e. The molecule has 0 aliphatic carbocycles. The number of alkyl halides is 2. The molecule has 1 aromatic heterocycles. The zero-order chi connectivity index (χ0) is 14.0. The van der Waals surface area contributed by atoms with Gasteiger partial charge in [0.15, 0.2) is 0 Å². The van der Waals surface area contributed by atoms with E-state index in [9.17, 15) is 13.6 Å². The Labute approximate surface area is 106 Å². The molecule has 0 fully saturated rings. The molecule has 0 saturated heterocycles. The van der Waals surface area contributed by atoms with E-state index in [1.54, 1.807) is 0 Å². The molecular formula is C12H9F2NO4. The topological polar surface area (TPSA) is 72.6 Å². The average Bonchev–Trinajstić information content (AvgIpc) is 2.87. The number of hydrogen-bond donors (Lipinski definition) is 1. The first kappa shape index (κ1) is 13.0. The van der Waals surface area contributed by atoms with Crippen LogP contribution in [0.5, 0.6) is 5.75 Å². The first-order valence-corrected chi connectivity index (χ1v) is 5.19. The highest BCUT2D eigenvalue weighted by Gasteiger charge is 2.17. The van der Waals surface area contributed by atoms with E-state index in [2.05, 4.69) is 9.68 Å². The van der Waals surface area contributed by atoms with Gasteiger partial charge in [-0.15, -0.1) is 0 Å². The Morgan fingerprint density at radius 2 is 2.16 bits per heavy atom. The third-order valence-corrected chi connectivity index (χ3v) is 2.48. The Hall–Kier alpha value is -2.44. The first-order valence-electron chi connectivity index (χ1n) is 5.19. The van der Waals surface area contributed by atoms with E-state index in [0.29, 0.717) is 5.56 Å². The Morgan fingerprint density at radius 1 is 1.42 bits per heavy atom. The summed E-state index contributed by atoms with van der Waals surface area (Å²) in [5.74, 6) is -1.58. The summed E-state index contributed by atoms with van der Waals surface area (Å²) in [4.78, 5) is 10.6. The number of methoxy groups -OCH3 is 1. The molecule has 0 radical (unpaired) electrons. The van der Waals surface area contributed by atoms with Gasteiger partial charge in [0, 0.05) is 11.6 Å². The summed E-state index contributed by atoms with van der Waals surface area (Å²) in [5, 5.41) is 12.2. The average molecular weight is 269 g/mol. The van der Waals surface area contributed by atoms with Crippen LogP contribution in [-0.2, 0) is 0 Å². The SMILES string of the molecule is COc1ccc(-c2cc(C(=O)O)on2)cc1C(F)F. The summed E-state index contributed by atoms with van der Waals surface area (Å²) < 4.78 is 35.0. The van der Waals surface area contributed by atoms with Crippen LogP contribution < -0.4 is 4.74 Å². The van der Waals surface area contributed by atoms with Gasteiger partial charge in [-0.3, -0.25) is 0 Å². The Balaban J connectivity index is 2.44. The number of carboxylic acid groups (broad SMARTS) is 1. The molecule has 2 rings (SSSR count). The van der Waals surface area contributed by atoms with Crippen LogP contribution in [-0.4, -0.2) is 23.3 Å². The Bertz CT molecular complexity index is 610. The van der Waals surface area contributed by atoms with E-state index in [-0.39, 0.29) is 22.8 Å². The molecule has 0 spiro atoms. The van der Waals surface area contributed by atoms with E-state index in [1.165, 1.54) is 31.4 Å². The molecule has 0 bridgehead atoms. The van der Waals surface area contributed by atoms with E-state index in [0.717, 1.165) is 0 Å². The van der Waals surface area contributed by atoms with Crippen LogP contribution in [0.2, 0.25) is 0 Å². The molecule has 5 nitrogen and oxygen atoms in total. The van der Waals surface area contributed by atoms with Crippen LogP contribution in [0.15, 0.2) is 28.8 Å². The number of ether oxygens (including phenoxy) is 1. The van der Waals surface area contributed by atoms with Crippen LogP contribution >= 0.6 is 0 Å². The van der Waals surface area contributed by atoms with Gasteiger partial charge in [0.05, 0.1) is 12.7 Å². The summed E-state index contributed by atoms with van der Waals surface area (Å²) >= 11 is 0. The molecule has 0 unspecified atom stereocenters. The number of carboxylic acids is 1. The molecule has 1 N–H and O–H groups in total. The van der Waals surface area contributed by atoms with Gasteiger partial charge < -0.3 is 14.4 Å². The van der Waals surface area contributed by atoms with Crippen molar-refractivity contribution >= 4 is 5.97 Å². The molecule has 0 aliphatic heterocycles. The molecular weight excluding hydrogens is 260 g/mol. The second kappa shape index (κ2) is 5.05. The van der Waals surface area contributed by atoms with Crippen molar-refractivity contribution in [3.63, 3.8) is 0 Å². The van der Waals surface area contributed by atoms with E-state index >= 15 is 0 Å². The van der Waals surface area contributed by atoms with Crippen molar-refractivity contribution in [1.29, 1.82) is 0 Å². The van der Waals surface area contributed by atoms with Crippen molar-refractivity contribution in [1.82, 2.24) is 5.16 Å². The summed E-state index contributed by atoms with van der Waals surface area (Å²) in [5.41, 5.74) is 0.203. The lowest BCUT2D eigenvalue weighted by Crippen LogP contribution is -1.93. The monoisotopic (exact) mass is 269 g/mol. The number of aromatic nitrogens is 1. The van der Waals surface area contributed by atoms with Crippen LogP contribution in [0.1, 0.15) is 22.5 Å². The van der Waals surface area contributed by atoms with Gasteiger partial charge in [0.25, 0.3) is 6.43 Å². The number of carbonyl (C=O) groups is 1. The zero-order valence-electron chi connectivity index (χ0n) is 9.76. The van der Waals surface area contributed by atoms with Crippen LogP contribution in [0.3, 0.4) is 0 Å². The minimum absolute atomic E-state index is 0.0562. The van der Waals surface area contributed by atoms with E-state index in [1.807, 2.05) is 0 Å². The number of hydrogen-bond acceptors (Lipinski definition) is 4. The highest BCUT2D eigenvalue weighted by molar-refractivity contribution is 5.85. The van der Waals surface area contributed by atoms with Crippen LogP contribution in [0.4, 0.5) is 8.78 Å². The van der Waals surface area contributed by atoms with Gasteiger partial charge in [-0.25, -0.2) is 13.6 Å². The molecule has 2 aromatic rings. The van der Waals surface area contributed by atoms with Gasteiger partial charge in [0.1, 0.15) is 11.4 Å².